The van der Waals surface area contributed by atoms with E-state index < -0.39 is 11.8 Å². The number of hydrogen-bond acceptors (Lipinski definition) is 4. The molecule has 9 heteroatoms. The van der Waals surface area contributed by atoms with Crippen LogP contribution >= 0.6 is 12.4 Å². The minimum absolute atomic E-state index is 0. The Labute approximate surface area is 239 Å². The molecular weight excluding hydrogens is 540 g/mol. The number of nitrogens with zero attached hydrogens (tertiary/aromatic N) is 2. The Morgan fingerprint density at radius 1 is 0.561 bits per heavy atom. The molecule has 4 aromatic carbocycles. The average Bonchev–Trinajstić information content (AvgIpc) is 2.97. The molecule has 6 rings (SSSR count). The van der Waals surface area contributed by atoms with E-state index in [4.69, 9.17) is 0 Å². The highest BCUT2D eigenvalue weighted by atomic mass is 35.5. The van der Waals surface area contributed by atoms with Crippen molar-refractivity contribution in [2.75, 3.05) is 10.6 Å². The highest BCUT2D eigenvalue weighted by Crippen LogP contribution is 2.22. The molecule has 8 nitrogen and oxygen atoms in total. The van der Waals surface area contributed by atoms with Crippen LogP contribution in [0.5, 0.6) is 0 Å². The van der Waals surface area contributed by atoms with Crippen LogP contribution in [-0.4, -0.2) is 20.9 Å². The van der Waals surface area contributed by atoms with Crippen molar-refractivity contribution in [2.24, 2.45) is 14.1 Å². The van der Waals surface area contributed by atoms with E-state index in [1.54, 1.807) is 48.5 Å². The van der Waals surface area contributed by atoms with Crippen molar-refractivity contribution in [3.05, 3.63) is 118 Å². The summed E-state index contributed by atoms with van der Waals surface area (Å²) in [7, 11) is 3.78. The zero-order valence-corrected chi connectivity index (χ0v) is 23.0. The number of benzene rings is 4. The van der Waals surface area contributed by atoms with Gasteiger partial charge in [0.05, 0.1) is 22.1 Å². The summed E-state index contributed by atoms with van der Waals surface area (Å²) in [6.07, 6.45) is 2.23. The van der Waals surface area contributed by atoms with E-state index in [2.05, 4.69) is 10.6 Å². The second-order valence-electron chi connectivity index (χ2n) is 9.59. The number of para-hydroxylation sites is 2. The first-order valence-electron chi connectivity index (χ1n) is 12.6. The van der Waals surface area contributed by atoms with Gasteiger partial charge >= 0.3 is 0 Å². The van der Waals surface area contributed by atoms with E-state index in [0.717, 1.165) is 34.2 Å². The van der Waals surface area contributed by atoms with Crippen LogP contribution in [0.25, 0.3) is 43.6 Å². The van der Waals surface area contributed by atoms with E-state index in [0.29, 0.717) is 32.9 Å². The van der Waals surface area contributed by atoms with E-state index in [-0.39, 0.29) is 23.3 Å². The van der Waals surface area contributed by atoms with Gasteiger partial charge in [0.1, 0.15) is 0 Å². The fourth-order valence-corrected chi connectivity index (χ4v) is 5.16. The summed E-state index contributed by atoms with van der Waals surface area (Å²) < 4.78 is 3.87. The number of hydrogen-bond donors (Lipinski definition) is 2. The van der Waals surface area contributed by atoms with Crippen LogP contribution in [0.2, 0.25) is 0 Å². The first kappa shape index (κ1) is 27.4. The van der Waals surface area contributed by atoms with Gasteiger partial charge in [0.15, 0.2) is 10.9 Å². The third-order valence-corrected chi connectivity index (χ3v) is 7.15. The summed E-state index contributed by atoms with van der Waals surface area (Å²) in [5.74, 6) is -1.04. The van der Waals surface area contributed by atoms with E-state index >= 15 is 0 Å². The number of nitrogens with one attached hydrogen (secondary N) is 2. The van der Waals surface area contributed by atoms with Gasteiger partial charge in [-0.05, 0) is 60.7 Å². The molecule has 0 aliphatic carbocycles. The molecule has 2 heterocycles. The Balaban J connectivity index is 0.00000337. The van der Waals surface area contributed by atoms with Gasteiger partial charge < -0.3 is 19.8 Å². The molecule has 0 fully saturated rings. The number of fused-ring (bicyclic) bond motifs is 4. The molecule has 41 heavy (non-hydrogen) atoms. The summed E-state index contributed by atoms with van der Waals surface area (Å²) in [5.41, 5.74) is 3.78. The highest BCUT2D eigenvalue weighted by Gasteiger charge is 2.11. The van der Waals surface area contributed by atoms with Crippen LogP contribution in [0.4, 0.5) is 11.4 Å². The predicted octanol–water partition coefficient (Wildman–Crippen LogP) is 5.25. The molecule has 0 bridgehead atoms. The third-order valence-electron chi connectivity index (χ3n) is 7.15. The van der Waals surface area contributed by atoms with Crippen molar-refractivity contribution in [1.82, 2.24) is 9.13 Å². The lowest BCUT2D eigenvalue weighted by molar-refractivity contribution is -0.114. The van der Waals surface area contributed by atoms with Crippen molar-refractivity contribution in [3.8, 4) is 0 Å². The van der Waals surface area contributed by atoms with Crippen molar-refractivity contribution in [1.29, 1.82) is 0 Å². The molecule has 0 saturated carbocycles. The molecule has 0 aliphatic heterocycles. The van der Waals surface area contributed by atoms with E-state index in [9.17, 15) is 19.2 Å². The molecule has 6 aromatic rings. The summed E-state index contributed by atoms with van der Waals surface area (Å²) in [5, 5.41) is 7.56. The summed E-state index contributed by atoms with van der Waals surface area (Å²) in [4.78, 5) is 51.2. The Bertz CT molecular complexity index is 2020. The Morgan fingerprint density at radius 2 is 0.927 bits per heavy atom. The fraction of sp³-hybridized carbons (Fsp3) is 0.0625. The molecule has 2 amide bonds. The maximum atomic E-state index is 13.0. The monoisotopic (exact) mass is 564 g/mol. The van der Waals surface area contributed by atoms with Crippen LogP contribution in [0, 0.1) is 0 Å². The SMILES string of the molecule is Cl.Cn1c2ccccc2c(=O)c2cc(NC(=O)/C=C/C(=O)Nc3ccc4c(c3)c(=O)c3ccccc3n4C)ccc21. The van der Waals surface area contributed by atoms with Crippen molar-refractivity contribution < 1.29 is 9.59 Å². The Kier molecular flexibility index (Phi) is 7.17. The zero-order valence-electron chi connectivity index (χ0n) is 22.2. The van der Waals surface area contributed by atoms with Crippen LogP contribution in [0.15, 0.2) is 107 Å². The largest absolute Gasteiger partial charge is 0.343 e. The van der Waals surface area contributed by atoms with Crippen LogP contribution < -0.4 is 21.5 Å². The maximum Gasteiger partial charge on any atom is 0.248 e. The molecule has 2 aromatic heterocycles. The number of halogens is 1. The topological polar surface area (TPSA) is 102 Å². The van der Waals surface area contributed by atoms with Crippen molar-refractivity contribution in [3.63, 3.8) is 0 Å². The number of amides is 2. The van der Waals surface area contributed by atoms with Crippen molar-refractivity contribution >= 4 is 79.2 Å². The number of aromatic nitrogens is 2. The number of rotatable bonds is 4. The minimum atomic E-state index is -0.522. The van der Waals surface area contributed by atoms with E-state index in [1.807, 2.05) is 59.6 Å². The Hall–Kier alpha value is -5.21. The highest BCUT2D eigenvalue weighted by molar-refractivity contribution is 6.08. The van der Waals surface area contributed by atoms with Gasteiger partial charge in [0, 0.05) is 59.2 Å². The second-order valence-corrected chi connectivity index (χ2v) is 9.59. The molecule has 2 N–H and O–H groups in total. The second kappa shape index (κ2) is 10.7. The smallest absolute Gasteiger partial charge is 0.248 e. The Morgan fingerprint density at radius 3 is 1.34 bits per heavy atom. The maximum absolute atomic E-state index is 13.0. The molecule has 0 atom stereocenters. The lowest BCUT2D eigenvalue weighted by atomic mass is 10.1. The molecular formula is C32H25ClN4O4. The number of carbonyl (C=O) groups is 2. The molecule has 0 saturated heterocycles. The van der Waals surface area contributed by atoms with Gasteiger partial charge in [-0.15, -0.1) is 12.4 Å². The van der Waals surface area contributed by atoms with Crippen LogP contribution in [0.1, 0.15) is 0 Å². The third kappa shape index (κ3) is 4.85. The zero-order chi connectivity index (χ0) is 28.0. The van der Waals surface area contributed by atoms with Gasteiger partial charge in [-0.2, -0.15) is 0 Å². The van der Waals surface area contributed by atoms with Gasteiger partial charge in [0.2, 0.25) is 11.8 Å². The van der Waals surface area contributed by atoms with Gasteiger partial charge in [-0.3, -0.25) is 19.2 Å². The molecule has 0 spiro atoms. The molecule has 0 aliphatic rings. The van der Waals surface area contributed by atoms with Crippen molar-refractivity contribution in [2.45, 2.75) is 0 Å². The van der Waals surface area contributed by atoms with Crippen LogP contribution in [-0.2, 0) is 23.7 Å². The molecule has 204 valence electrons. The predicted molar refractivity (Wildman–Crippen MR) is 167 cm³/mol. The number of aryl methyl sites for hydroxylation is 2. The first-order chi connectivity index (χ1) is 19.3. The van der Waals surface area contributed by atoms with E-state index in [1.165, 1.54) is 0 Å². The quantitative estimate of drug-likeness (QED) is 0.225. The lowest BCUT2D eigenvalue weighted by Crippen LogP contribution is -2.14. The first-order valence-corrected chi connectivity index (χ1v) is 12.6. The van der Waals surface area contributed by atoms with Gasteiger partial charge in [0.25, 0.3) is 0 Å². The summed E-state index contributed by atoms with van der Waals surface area (Å²) >= 11 is 0. The fourth-order valence-electron chi connectivity index (χ4n) is 5.16. The van der Waals surface area contributed by atoms with Crippen LogP contribution in [0.3, 0.4) is 0 Å². The number of anilines is 2. The number of pyridine rings is 2. The standard InChI is InChI=1S/C32H24N4O4.ClH/c1-35-25-9-5-3-7-21(25)31(39)23-17-19(11-13-27(23)35)33-29(37)15-16-30(38)34-20-12-14-28-24(18-20)32(40)22-8-4-6-10-26(22)36(28)2;/h3-18H,1-2H3,(H,33,37)(H,34,38);1H/b16-15+;. The normalized spacial score (nSPS) is 11.3. The minimum Gasteiger partial charge on any atom is -0.343 e. The number of carbonyl (C=O) groups excluding carboxylic acids is 2. The summed E-state index contributed by atoms with van der Waals surface area (Å²) in [6.45, 7) is 0. The van der Waals surface area contributed by atoms with Gasteiger partial charge in [-0.1, -0.05) is 24.3 Å². The molecule has 0 unspecified atom stereocenters. The lowest BCUT2D eigenvalue weighted by Gasteiger charge is -2.12. The van der Waals surface area contributed by atoms with Gasteiger partial charge in [-0.25, -0.2) is 0 Å². The molecule has 0 radical (unpaired) electrons. The average molecular weight is 565 g/mol. The summed E-state index contributed by atoms with van der Waals surface area (Å²) in [6, 6.07) is 25.0.